The number of hydroxylamine groups is 2. The number of thiocarbonyl (C=S) groups is 1. The average Bonchev–Trinajstić information content (AvgIpc) is 3.10. The monoisotopic (exact) mass is 535 g/mol. The first-order valence-electron chi connectivity index (χ1n) is 11.9. The third kappa shape index (κ3) is 6.56. The molecule has 2 saturated heterocycles. The molecule has 2 aromatic carbocycles. The van der Waals surface area contributed by atoms with E-state index in [0.717, 1.165) is 23.4 Å². The number of methoxy groups -OCH3 is 1. The number of carbonyl (C=O) groups is 1. The maximum absolute atomic E-state index is 15.2. The van der Waals surface area contributed by atoms with Gasteiger partial charge in [0.2, 0.25) is 0 Å². The summed E-state index contributed by atoms with van der Waals surface area (Å²) < 4.78 is 40.5. The van der Waals surface area contributed by atoms with E-state index in [1.807, 2.05) is 43.3 Å². The first-order chi connectivity index (χ1) is 17.7. The second-order valence-electron chi connectivity index (χ2n) is 8.99. The lowest BCUT2D eigenvalue weighted by molar-refractivity contribution is -0.154. The molecule has 1 amide bonds. The molecule has 0 aromatic heterocycles. The van der Waals surface area contributed by atoms with Gasteiger partial charge in [0.1, 0.15) is 11.8 Å². The molecule has 200 valence electrons. The number of cyclic esters (lactones) is 1. The van der Waals surface area contributed by atoms with Gasteiger partial charge in [0.05, 0.1) is 32.5 Å². The van der Waals surface area contributed by atoms with E-state index >= 15 is 8.78 Å². The fourth-order valence-corrected chi connectivity index (χ4v) is 4.34. The Hall–Kier alpha value is -3.22. The van der Waals surface area contributed by atoms with Gasteiger partial charge in [-0.3, -0.25) is 9.74 Å². The Morgan fingerprint density at radius 3 is 2.51 bits per heavy atom. The lowest BCUT2D eigenvalue weighted by Gasteiger charge is -2.24. The molecule has 1 N–H and O–H groups in total. The normalized spacial score (nSPS) is 18.4. The zero-order valence-corrected chi connectivity index (χ0v) is 21.9. The van der Waals surface area contributed by atoms with Crippen molar-refractivity contribution in [2.24, 2.45) is 0 Å². The first-order valence-corrected chi connectivity index (χ1v) is 12.3. The highest BCUT2D eigenvalue weighted by atomic mass is 32.1. The number of amides is 1. The Labute approximate surface area is 220 Å². The Balaban J connectivity index is 1.39. The summed E-state index contributed by atoms with van der Waals surface area (Å²) >= 11 is 4.91. The second kappa shape index (κ2) is 11.9. The van der Waals surface area contributed by atoms with Gasteiger partial charge in [-0.05, 0) is 29.9 Å². The number of anilines is 3. The summed E-state index contributed by atoms with van der Waals surface area (Å²) in [5, 5.41) is 4.78. The molecule has 4 rings (SSSR count). The van der Waals surface area contributed by atoms with Gasteiger partial charge in [-0.15, -0.1) is 0 Å². The molecule has 0 radical (unpaired) electrons. The minimum absolute atomic E-state index is 0.0921. The Morgan fingerprint density at radius 1 is 1.16 bits per heavy atom. The molecule has 9 nitrogen and oxygen atoms in total. The van der Waals surface area contributed by atoms with Crippen LogP contribution in [0.4, 0.5) is 30.6 Å². The van der Waals surface area contributed by atoms with Crippen molar-refractivity contribution in [3.63, 3.8) is 0 Å². The number of ether oxygens (including phenoxy) is 2. The van der Waals surface area contributed by atoms with E-state index in [1.165, 1.54) is 12.0 Å². The van der Waals surface area contributed by atoms with Crippen molar-refractivity contribution in [3.05, 3.63) is 53.6 Å². The fourth-order valence-electron chi connectivity index (χ4n) is 4.26. The molecule has 2 aliphatic rings. The highest BCUT2D eigenvalue weighted by Crippen LogP contribution is 2.31. The van der Waals surface area contributed by atoms with Crippen LogP contribution in [0.25, 0.3) is 0 Å². The maximum atomic E-state index is 15.2. The van der Waals surface area contributed by atoms with Crippen LogP contribution in [-0.2, 0) is 20.9 Å². The SMILES string of the molecule is COC(=S)NC[C@H]1CN(c2cc(F)c(N3CCON(Cc4ccc(N(C)C)cc4)CC3)c(F)c2)C(=O)O1. The van der Waals surface area contributed by atoms with Gasteiger partial charge in [-0.25, -0.2) is 13.6 Å². The lowest BCUT2D eigenvalue weighted by atomic mass is 10.2. The van der Waals surface area contributed by atoms with Crippen molar-refractivity contribution in [2.45, 2.75) is 12.6 Å². The number of rotatable bonds is 7. The van der Waals surface area contributed by atoms with Gasteiger partial charge in [-0.2, -0.15) is 5.06 Å². The van der Waals surface area contributed by atoms with Gasteiger partial charge in [0.15, 0.2) is 11.6 Å². The summed E-state index contributed by atoms with van der Waals surface area (Å²) in [7, 11) is 5.39. The molecule has 2 fully saturated rings. The van der Waals surface area contributed by atoms with Crippen molar-refractivity contribution in [3.8, 4) is 0 Å². The largest absolute Gasteiger partial charge is 0.474 e. The van der Waals surface area contributed by atoms with E-state index in [-0.39, 0.29) is 36.2 Å². The van der Waals surface area contributed by atoms with Crippen LogP contribution in [0, 0.1) is 11.6 Å². The smallest absolute Gasteiger partial charge is 0.414 e. The molecule has 2 heterocycles. The van der Waals surface area contributed by atoms with Crippen LogP contribution in [0.5, 0.6) is 0 Å². The van der Waals surface area contributed by atoms with Crippen LogP contribution in [0.1, 0.15) is 5.56 Å². The van der Waals surface area contributed by atoms with Gasteiger partial charge in [-0.1, -0.05) is 12.1 Å². The fraction of sp³-hybridized carbons (Fsp3) is 0.440. The number of nitrogens with zero attached hydrogens (tertiary/aromatic N) is 4. The number of carbonyl (C=O) groups excluding carboxylic acids is 1. The van der Waals surface area contributed by atoms with Crippen LogP contribution >= 0.6 is 12.2 Å². The van der Waals surface area contributed by atoms with Gasteiger partial charge in [0.25, 0.3) is 5.17 Å². The third-order valence-electron chi connectivity index (χ3n) is 6.23. The van der Waals surface area contributed by atoms with Crippen LogP contribution in [0.2, 0.25) is 0 Å². The number of halogens is 2. The van der Waals surface area contributed by atoms with E-state index in [4.69, 9.17) is 26.5 Å². The Morgan fingerprint density at radius 2 is 1.86 bits per heavy atom. The molecule has 0 aliphatic carbocycles. The molecule has 2 aromatic rings. The second-order valence-corrected chi connectivity index (χ2v) is 9.36. The number of hydrogen-bond donors (Lipinski definition) is 1. The molecular formula is C25H31F2N5O4S. The molecule has 37 heavy (non-hydrogen) atoms. The minimum atomic E-state index is -0.752. The zero-order chi connectivity index (χ0) is 26.5. The molecule has 0 bridgehead atoms. The number of hydrogen-bond acceptors (Lipinski definition) is 8. The summed E-state index contributed by atoms with van der Waals surface area (Å²) in [5.74, 6) is -1.50. The van der Waals surface area contributed by atoms with Crippen molar-refractivity contribution in [1.29, 1.82) is 0 Å². The molecule has 12 heteroatoms. The van der Waals surface area contributed by atoms with E-state index in [2.05, 4.69) is 5.32 Å². The molecule has 2 aliphatic heterocycles. The van der Waals surface area contributed by atoms with E-state index < -0.39 is 23.8 Å². The molecular weight excluding hydrogens is 504 g/mol. The third-order valence-corrected chi connectivity index (χ3v) is 6.54. The van der Waals surface area contributed by atoms with E-state index in [1.54, 1.807) is 9.96 Å². The summed E-state index contributed by atoms with van der Waals surface area (Å²) in [6.07, 6.45) is -1.22. The van der Waals surface area contributed by atoms with Crippen molar-refractivity contribution >= 4 is 40.5 Å². The zero-order valence-electron chi connectivity index (χ0n) is 21.1. The molecule has 0 unspecified atom stereocenters. The van der Waals surface area contributed by atoms with Crippen LogP contribution < -0.4 is 20.0 Å². The number of nitrogens with one attached hydrogen (secondary N) is 1. The standard InChI is InChI=1S/C25H31F2N5O4S/c1-29(2)18-6-4-17(5-7-18)15-31-9-8-30(10-11-35-31)23-21(26)12-19(13-22(23)27)32-16-20(36-25(32)33)14-28-24(37)34-3/h4-7,12-13,20H,8-11,14-16H2,1-3H3,(H,28,37)/t20-/m0/s1. The summed E-state index contributed by atoms with van der Waals surface area (Å²) in [6, 6.07) is 10.5. The average molecular weight is 536 g/mol. The quantitative estimate of drug-likeness (QED) is 0.539. The van der Waals surface area contributed by atoms with Gasteiger partial charge < -0.3 is 24.6 Å². The van der Waals surface area contributed by atoms with Crippen LogP contribution in [0.15, 0.2) is 36.4 Å². The maximum Gasteiger partial charge on any atom is 0.414 e. The van der Waals surface area contributed by atoms with Crippen LogP contribution in [-0.4, -0.2) is 83.0 Å². The summed E-state index contributed by atoms with van der Waals surface area (Å²) in [6.45, 7) is 2.36. The highest BCUT2D eigenvalue weighted by Gasteiger charge is 2.34. The lowest BCUT2D eigenvalue weighted by Crippen LogP contribution is -2.34. The van der Waals surface area contributed by atoms with Gasteiger partial charge >= 0.3 is 6.09 Å². The predicted octanol–water partition coefficient (Wildman–Crippen LogP) is 3.13. The Bertz CT molecular complexity index is 1100. The van der Waals surface area contributed by atoms with E-state index in [9.17, 15) is 4.79 Å². The van der Waals surface area contributed by atoms with Gasteiger partial charge in [0, 0.05) is 58.1 Å². The Kier molecular flexibility index (Phi) is 8.62. The van der Waals surface area contributed by atoms with Crippen LogP contribution in [0.3, 0.4) is 0 Å². The van der Waals surface area contributed by atoms with Crippen molar-refractivity contribution in [2.75, 3.05) is 75.2 Å². The number of benzene rings is 2. The molecule has 0 spiro atoms. The topological polar surface area (TPSA) is 69.8 Å². The summed E-state index contributed by atoms with van der Waals surface area (Å²) in [4.78, 5) is 23.0. The van der Waals surface area contributed by atoms with Crippen molar-refractivity contribution in [1.82, 2.24) is 10.4 Å². The first kappa shape index (κ1) is 26.8. The molecule has 0 saturated carbocycles. The summed E-state index contributed by atoms with van der Waals surface area (Å²) in [5.41, 5.74) is 2.14. The predicted molar refractivity (Wildman–Crippen MR) is 141 cm³/mol. The van der Waals surface area contributed by atoms with Crippen molar-refractivity contribution < 1.29 is 27.9 Å². The minimum Gasteiger partial charge on any atom is -0.474 e. The van der Waals surface area contributed by atoms with E-state index in [0.29, 0.717) is 26.2 Å². The molecule has 1 atom stereocenters. The highest BCUT2D eigenvalue weighted by molar-refractivity contribution is 7.80.